The number of hydrogen-bond acceptors (Lipinski definition) is 4. The molecule has 4 nitrogen and oxygen atoms in total. The number of hydrogen-bond donors (Lipinski definition) is 1. The third kappa shape index (κ3) is 1.54. The number of nitrogens with two attached hydrogens (primary N) is 1. The van der Waals surface area contributed by atoms with Gasteiger partial charge in [-0.05, 0) is 30.7 Å². The lowest BCUT2D eigenvalue weighted by molar-refractivity contribution is 0.487. The molecule has 0 aliphatic carbocycles. The molecule has 0 aliphatic rings. The maximum atomic E-state index is 5.63. The molecule has 2 aromatic rings. The second-order valence-corrected chi connectivity index (χ2v) is 3.21. The lowest BCUT2D eigenvalue weighted by atomic mass is 10.4. The van der Waals surface area contributed by atoms with Crippen molar-refractivity contribution in [2.75, 3.05) is 0 Å². The second kappa shape index (κ2) is 3.48. The molecular formula is C9H9ClN2O2. The topological polar surface area (TPSA) is 65.2 Å². The lowest BCUT2D eigenvalue weighted by Crippen LogP contribution is -1.95. The first-order valence-electron chi connectivity index (χ1n) is 4.13. The van der Waals surface area contributed by atoms with Crippen LogP contribution in [0.1, 0.15) is 11.5 Å². The van der Waals surface area contributed by atoms with Gasteiger partial charge in [-0.25, -0.2) is 4.98 Å². The van der Waals surface area contributed by atoms with Gasteiger partial charge in [0.25, 0.3) is 5.89 Å². The highest BCUT2D eigenvalue weighted by Crippen LogP contribution is 2.25. The normalized spacial score (nSPS) is 10.8. The van der Waals surface area contributed by atoms with E-state index in [1.165, 1.54) is 0 Å². The molecule has 0 bridgehead atoms. The van der Waals surface area contributed by atoms with Gasteiger partial charge in [0.15, 0.2) is 11.0 Å². The van der Waals surface area contributed by atoms with E-state index in [1.807, 2.05) is 6.92 Å². The zero-order chi connectivity index (χ0) is 10.1. The maximum Gasteiger partial charge on any atom is 0.263 e. The number of aromatic nitrogens is 1. The summed E-state index contributed by atoms with van der Waals surface area (Å²) in [5.74, 6) is 1.58. The molecule has 2 aromatic heterocycles. The Morgan fingerprint density at radius 1 is 1.43 bits per heavy atom. The van der Waals surface area contributed by atoms with E-state index >= 15 is 0 Å². The molecule has 74 valence electrons. The fourth-order valence-electron chi connectivity index (χ4n) is 1.15. The minimum absolute atomic E-state index is 0.310. The van der Waals surface area contributed by atoms with Gasteiger partial charge in [-0.2, -0.15) is 0 Å². The summed E-state index contributed by atoms with van der Waals surface area (Å²) < 4.78 is 10.5. The third-order valence-electron chi connectivity index (χ3n) is 1.86. The summed E-state index contributed by atoms with van der Waals surface area (Å²) in [6, 6.07) is 3.34. The van der Waals surface area contributed by atoms with E-state index in [4.69, 9.17) is 26.2 Å². The number of oxazole rings is 1. The van der Waals surface area contributed by atoms with Gasteiger partial charge in [0.2, 0.25) is 0 Å². The van der Waals surface area contributed by atoms with Crippen LogP contribution in [0.3, 0.4) is 0 Å². The van der Waals surface area contributed by atoms with Gasteiger partial charge in [-0.15, -0.1) is 0 Å². The Bertz CT molecular complexity index is 447. The molecule has 0 unspecified atom stereocenters. The summed E-state index contributed by atoms with van der Waals surface area (Å²) in [5, 5.41) is 0.310. The van der Waals surface area contributed by atoms with Crippen LogP contribution in [0.4, 0.5) is 0 Å². The van der Waals surface area contributed by atoms with Crippen LogP contribution >= 0.6 is 11.6 Å². The van der Waals surface area contributed by atoms with E-state index in [1.54, 1.807) is 12.1 Å². The Morgan fingerprint density at radius 3 is 2.71 bits per heavy atom. The van der Waals surface area contributed by atoms with Crippen LogP contribution in [0.15, 0.2) is 21.0 Å². The van der Waals surface area contributed by atoms with Gasteiger partial charge in [-0.1, -0.05) is 0 Å². The van der Waals surface area contributed by atoms with Crippen molar-refractivity contribution in [1.82, 2.24) is 4.98 Å². The molecule has 0 saturated carbocycles. The molecular weight excluding hydrogens is 204 g/mol. The quantitative estimate of drug-likeness (QED) is 0.830. The monoisotopic (exact) mass is 212 g/mol. The van der Waals surface area contributed by atoms with Crippen LogP contribution in [0.2, 0.25) is 5.22 Å². The molecule has 0 spiro atoms. The number of nitrogens with zero attached hydrogens (tertiary/aromatic N) is 1. The number of aryl methyl sites for hydroxylation is 1. The molecule has 0 radical (unpaired) electrons. The highest BCUT2D eigenvalue weighted by molar-refractivity contribution is 6.28. The Labute approximate surface area is 85.7 Å². The van der Waals surface area contributed by atoms with Crippen LogP contribution < -0.4 is 5.73 Å². The molecule has 2 rings (SSSR count). The molecule has 0 atom stereocenters. The lowest BCUT2D eigenvalue weighted by Gasteiger charge is -1.88. The Hall–Kier alpha value is -1.26. The van der Waals surface area contributed by atoms with Crippen molar-refractivity contribution in [3.63, 3.8) is 0 Å². The molecule has 2 N–H and O–H groups in total. The van der Waals surface area contributed by atoms with Gasteiger partial charge in [0.1, 0.15) is 5.76 Å². The standard InChI is InChI=1S/C9H9ClN2O2/c1-5-7(4-11)14-9(12-5)6-2-3-8(10)13-6/h2-3H,4,11H2,1H3. The molecule has 0 aliphatic heterocycles. The van der Waals surface area contributed by atoms with Crippen LogP contribution in [0.25, 0.3) is 11.7 Å². The SMILES string of the molecule is Cc1nc(-c2ccc(Cl)o2)oc1CN. The first kappa shape index (κ1) is 9.30. The van der Waals surface area contributed by atoms with E-state index < -0.39 is 0 Å². The van der Waals surface area contributed by atoms with Crippen molar-refractivity contribution >= 4 is 11.6 Å². The van der Waals surface area contributed by atoms with Crippen molar-refractivity contribution in [2.24, 2.45) is 5.73 Å². The highest BCUT2D eigenvalue weighted by atomic mass is 35.5. The summed E-state index contributed by atoms with van der Waals surface area (Å²) in [7, 11) is 0. The fourth-order valence-corrected chi connectivity index (χ4v) is 1.30. The predicted octanol–water partition coefficient (Wildman–Crippen LogP) is 2.36. The minimum atomic E-state index is 0.310. The van der Waals surface area contributed by atoms with Crippen molar-refractivity contribution in [3.8, 4) is 11.7 Å². The number of rotatable bonds is 2. The van der Waals surface area contributed by atoms with Crippen molar-refractivity contribution in [3.05, 3.63) is 28.8 Å². The molecule has 14 heavy (non-hydrogen) atoms. The van der Waals surface area contributed by atoms with Gasteiger partial charge >= 0.3 is 0 Å². The van der Waals surface area contributed by atoms with E-state index in [2.05, 4.69) is 4.98 Å². The Morgan fingerprint density at radius 2 is 2.21 bits per heavy atom. The summed E-state index contributed by atoms with van der Waals surface area (Å²) in [4.78, 5) is 4.17. The van der Waals surface area contributed by atoms with Crippen LogP contribution in [0.5, 0.6) is 0 Å². The average molecular weight is 213 g/mol. The fraction of sp³-hybridized carbons (Fsp3) is 0.222. The van der Waals surface area contributed by atoms with Crippen molar-refractivity contribution in [2.45, 2.75) is 13.5 Å². The molecule has 0 saturated heterocycles. The van der Waals surface area contributed by atoms with Crippen LogP contribution in [-0.2, 0) is 6.54 Å². The van der Waals surface area contributed by atoms with E-state index in [0.717, 1.165) is 5.69 Å². The average Bonchev–Trinajstić information content (AvgIpc) is 2.71. The maximum absolute atomic E-state index is 5.63. The minimum Gasteiger partial charge on any atom is -0.440 e. The largest absolute Gasteiger partial charge is 0.440 e. The second-order valence-electron chi connectivity index (χ2n) is 2.84. The van der Waals surface area contributed by atoms with Gasteiger partial charge < -0.3 is 14.6 Å². The molecule has 0 amide bonds. The summed E-state index contributed by atoms with van der Waals surface area (Å²) in [6.45, 7) is 2.16. The van der Waals surface area contributed by atoms with Crippen molar-refractivity contribution < 1.29 is 8.83 Å². The van der Waals surface area contributed by atoms with Crippen molar-refractivity contribution in [1.29, 1.82) is 0 Å². The number of halogens is 1. The Kier molecular flexibility index (Phi) is 2.31. The highest BCUT2D eigenvalue weighted by Gasteiger charge is 2.12. The summed E-state index contributed by atoms with van der Waals surface area (Å²) in [5.41, 5.74) is 6.23. The zero-order valence-corrected chi connectivity index (χ0v) is 8.34. The van der Waals surface area contributed by atoms with Crippen LogP contribution in [0, 0.1) is 6.92 Å². The summed E-state index contributed by atoms with van der Waals surface area (Å²) in [6.07, 6.45) is 0. The first-order chi connectivity index (χ1) is 6.70. The van der Waals surface area contributed by atoms with Gasteiger partial charge in [0, 0.05) is 0 Å². The first-order valence-corrected chi connectivity index (χ1v) is 4.50. The van der Waals surface area contributed by atoms with E-state index in [9.17, 15) is 0 Å². The summed E-state index contributed by atoms with van der Waals surface area (Å²) >= 11 is 5.63. The molecule has 0 aromatic carbocycles. The predicted molar refractivity (Wildman–Crippen MR) is 51.8 cm³/mol. The smallest absolute Gasteiger partial charge is 0.263 e. The van der Waals surface area contributed by atoms with Crippen LogP contribution in [-0.4, -0.2) is 4.98 Å². The molecule has 0 fully saturated rings. The van der Waals surface area contributed by atoms with E-state index in [0.29, 0.717) is 29.2 Å². The van der Waals surface area contributed by atoms with E-state index in [-0.39, 0.29) is 0 Å². The molecule has 2 heterocycles. The van der Waals surface area contributed by atoms with Gasteiger partial charge in [-0.3, -0.25) is 0 Å². The zero-order valence-electron chi connectivity index (χ0n) is 7.58. The third-order valence-corrected chi connectivity index (χ3v) is 2.07. The molecule has 5 heteroatoms. The van der Waals surface area contributed by atoms with Gasteiger partial charge in [0.05, 0.1) is 12.2 Å². The number of furan rings is 1. The Balaban J connectivity index is 2.42.